The monoisotopic (exact) mass is 651 g/mol. The Kier molecular flexibility index (Phi) is 8.52. The van der Waals surface area contributed by atoms with Crippen LogP contribution in [-0.2, 0) is 4.79 Å². The fraction of sp³-hybridized carbons (Fsp3) is 0.0909. The van der Waals surface area contributed by atoms with Crippen LogP contribution in [-0.4, -0.2) is 26.9 Å². The van der Waals surface area contributed by atoms with Crippen LogP contribution in [0.4, 0.5) is 17.1 Å². The molecule has 1 aliphatic rings. The van der Waals surface area contributed by atoms with Crippen molar-refractivity contribution in [3.05, 3.63) is 122 Å². The van der Waals surface area contributed by atoms with Crippen LogP contribution in [0.25, 0.3) is 16.3 Å². The number of aryl methyl sites for hydroxylation is 3. The second kappa shape index (κ2) is 12.7. The standard InChI is InChI=1S/C33H25N5O4S3/c1-18-12-19(2)14-23(13-18)35-32-37-31(40)29(43-32)16-21-8-11-27(26(15-21)38(41)42)44-33-36-25-10-9-22(17-28(25)45-33)34-30(39)24-7-5-4-6-20(24)3/h4-17H,1-3H3,(H,34,39)(H,35,37,40)/b29-16-. The van der Waals surface area contributed by atoms with E-state index in [-0.39, 0.29) is 17.5 Å². The minimum atomic E-state index is -0.439. The van der Waals surface area contributed by atoms with E-state index in [2.05, 4.69) is 20.6 Å². The first-order valence-electron chi connectivity index (χ1n) is 13.7. The number of rotatable bonds is 7. The zero-order chi connectivity index (χ0) is 31.7. The van der Waals surface area contributed by atoms with Gasteiger partial charge >= 0.3 is 0 Å². The quantitative estimate of drug-likeness (QED) is 0.103. The Bertz CT molecular complexity index is 2070. The lowest BCUT2D eigenvalue weighted by Crippen LogP contribution is -2.19. The number of aromatic nitrogens is 1. The SMILES string of the molecule is Cc1cc(C)cc(N=C2NC(=O)/C(=C/c3ccc(Sc4nc5ccc(NC(=O)c6ccccc6C)cc5s4)c([N+](=O)[O-])c3)S2)c1. The highest BCUT2D eigenvalue weighted by atomic mass is 32.2. The van der Waals surface area contributed by atoms with E-state index in [1.165, 1.54) is 40.9 Å². The number of carbonyl (C=O) groups excluding carboxylic acids is 2. The first-order chi connectivity index (χ1) is 21.6. The van der Waals surface area contributed by atoms with Crippen LogP contribution >= 0.6 is 34.9 Å². The third-order valence-electron chi connectivity index (χ3n) is 6.78. The highest BCUT2D eigenvalue weighted by molar-refractivity contribution is 8.18. The second-order valence-corrected chi connectivity index (χ2v) is 13.7. The zero-order valence-corrected chi connectivity index (χ0v) is 26.7. The highest BCUT2D eigenvalue weighted by Crippen LogP contribution is 2.40. The predicted molar refractivity (Wildman–Crippen MR) is 183 cm³/mol. The fourth-order valence-electron chi connectivity index (χ4n) is 4.76. The van der Waals surface area contributed by atoms with Crippen molar-refractivity contribution in [2.24, 2.45) is 4.99 Å². The largest absolute Gasteiger partial charge is 0.322 e. The molecule has 224 valence electrons. The average molecular weight is 652 g/mol. The van der Waals surface area contributed by atoms with Crippen molar-refractivity contribution in [1.82, 2.24) is 10.3 Å². The van der Waals surface area contributed by atoms with E-state index in [0.29, 0.717) is 36.1 Å². The Balaban J connectivity index is 1.20. The number of nitro benzene ring substituents is 1. The first kappa shape index (κ1) is 30.3. The average Bonchev–Trinajstić information content (AvgIpc) is 3.54. The lowest BCUT2D eigenvalue weighted by molar-refractivity contribution is -0.387. The molecule has 1 aliphatic heterocycles. The third kappa shape index (κ3) is 6.98. The molecule has 2 heterocycles. The number of thiazole rings is 1. The van der Waals surface area contributed by atoms with Crippen molar-refractivity contribution in [2.75, 3.05) is 5.32 Å². The maximum Gasteiger partial charge on any atom is 0.283 e. The number of fused-ring (bicyclic) bond motifs is 1. The summed E-state index contributed by atoms with van der Waals surface area (Å²) in [5.74, 6) is -0.510. The summed E-state index contributed by atoms with van der Waals surface area (Å²) < 4.78 is 1.46. The number of carbonyl (C=O) groups is 2. The van der Waals surface area contributed by atoms with Gasteiger partial charge in [0.05, 0.1) is 30.6 Å². The zero-order valence-electron chi connectivity index (χ0n) is 24.3. The summed E-state index contributed by atoms with van der Waals surface area (Å²) >= 11 is 3.77. The van der Waals surface area contributed by atoms with Gasteiger partial charge in [0.2, 0.25) is 0 Å². The number of aliphatic imine (C=N–C) groups is 1. The number of anilines is 1. The minimum absolute atomic E-state index is 0.0904. The lowest BCUT2D eigenvalue weighted by Gasteiger charge is -2.07. The number of amidine groups is 1. The molecule has 0 aliphatic carbocycles. The first-order valence-corrected chi connectivity index (χ1v) is 16.2. The molecule has 9 nitrogen and oxygen atoms in total. The van der Waals surface area contributed by atoms with Gasteiger partial charge in [0.1, 0.15) is 0 Å². The van der Waals surface area contributed by atoms with Crippen LogP contribution in [0.2, 0.25) is 0 Å². The van der Waals surface area contributed by atoms with Crippen LogP contribution < -0.4 is 10.6 Å². The molecule has 2 amide bonds. The maximum absolute atomic E-state index is 12.8. The molecule has 0 radical (unpaired) electrons. The van der Waals surface area contributed by atoms with E-state index >= 15 is 0 Å². The molecule has 6 rings (SSSR count). The van der Waals surface area contributed by atoms with Crippen molar-refractivity contribution in [3.8, 4) is 0 Å². The van der Waals surface area contributed by atoms with Gasteiger partial charge < -0.3 is 10.6 Å². The van der Waals surface area contributed by atoms with Crippen LogP contribution in [0.3, 0.4) is 0 Å². The van der Waals surface area contributed by atoms with Crippen LogP contribution in [0.15, 0.2) is 98.0 Å². The van der Waals surface area contributed by atoms with Crippen molar-refractivity contribution in [1.29, 1.82) is 0 Å². The third-order valence-corrected chi connectivity index (χ3v) is 9.83. The Labute approximate surface area is 271 Å². The molecule has 1 fully saturated rings. The Morgan fingerprint density at radius 3 is 2.56 bits per heavy atom. The van der Waals surface area contributed by atoms with Crippen LogP contribution in [0.1, 0.15) is 32.6 Å². The summed E-state index contributed by atoms with van der Waals surface area (Å²) in [5, 5.41) is 18.2. The van der Waals surface area contributed by atoms with Gasteiger partial charge in [0.25, 0.3) is 17.5 Å². The Morgan fingerprint density at radius 1 is 1.02 bits per heavy atom. The topological polar surface area (TPSA) is 127 Å². The van der Waals surface area contributed by atoms with Crippen LogP contribution in [0, 0.1) is 30.9 Å². The summed E-state index contributed by atoms with van der Waals surface area (Å²) in [6.45, 7) is 5.86. The molecule has 12 heteroatoms. The van der Waals surface area contributed by atoms with Crippen molar-refractivity contribution in [2.45, 2.75) is 30.0 Å². The van der Waals surface area contributed by atoms with Gasteiger partial charge in [-0.1, -0.05) is 42.1 Å². The smallest absolute Gasteiger partial charge is 0.283 e. The molecule has 0 unspecified atom stereocenters. The molecule has 0 spiro atoms. The number of nitrogens with zero attached hydrogens (tertiary/aromatic N) is 3. The molecular formula is C33H25N5O4S3. The van der Waals surface area contributed by atoms with Gasteiger partial charge in [-0.2, -0.15) is 0 Å². The summed E-state index contributed by atoms with van der Waals surface area (Å²) in [7, 11) is 0. The Morgan fingerprint density at radius 2 is 1.80 bits per heavy atom. The number of nitro groups is 1. The number of thioether (sulfide) groups is 1. The molecule has 5 aromatic rings. The lowest BCUT2D eigenvalue weighted by atomic mass is 10.1. The number of nitrogens with one attached hydrogen (secondary N) is 2. The molecule has 2 N–H and O–H groups in total. The molecule has 0 atom stereocenters. The van der Waals surface area contributed by atoms with Gasteiger partial charge in [0, 0.05) is 17.3 Å². The van der Waals surface area contributed by atoms with E-state index in [1.807, 2.05) is 69.3 Å². The van der Waals surface area contributed by atoms with E-state index in [0.717, 1.165) is 32.6 Å². The molecule has 0 saturated carbocycles. The van der Waals surface area contributed by atoms with Gasteiger partial charge in [-0.3, -0.25) is 19.7 Å². The maximum atomic E-state index is 12.8. The van der Waals surface area contributed by atoms with Gasteiger partial charge in [0.15, 0.2) is 9.51 Å². The second-order valence-electron chi connectivity index (χ2n) is 10.3. The van der Waals surface area contributed by atoms with E-state index < -0.39 is 4.92 Å². The molecule has 1 aromatic heterocycles. The van der Waals surface area contributed by atoms with Gasteiger partial charge in [-0.05, 0) is 103 Å². The summed E-state index contributed by atoms with van der Waals surface area (Å²) in [6.07, 6.45) is 1.62. The van der Waals surface area contributed by atoms with Crippen molar-refractivity contribution < 1.29 is 14.5 Å². The van der Waals surface area contributed by atoms with Crippen molar-refractivity contribution >= 4 is 85.2 Å². The molecule has 45 heavy (non-hydrogen) atoms. The van der Waals surface area contributed by atoms with Gasteiger partial charge in [-0.15, -0.1) is 11.3 Å². The fourth-order valence-corrected chi connectivity index (χ4v) is 7.75. The minimum Gasteiger partial charge on any atom is -0.322 e. The summed E-state index contributed by atoms with van der Waals surface area (Å²) in [4.78, 5) is 47.0. The summed E-state index contributed by atoms with van der Waals surface area (Å²) in [6, 6.07) is 23.6. The molecular weight excluding hydrogens is 627 g/mol. The molecule has 1 saturated heterocycles. The molecule has 4 aromatic carbocycles. The van der Waals surface area contributed by atoms with Gasteiger partial charge in [-0.25, -0.2) is 9.98 Å². The number of hydrogen-bond acceptors (Lipinski definition) is 9. The number of hydrogen-bond donors (Lipinski definition) is 2. The van der Waals surface area contributed by atoms with E-state index in [9.17, 15) is 19.7 Å². The van der Waals surface area contributed by atoms with Crippen LogP contribution in [0.5, 0.6) is 0 Å². The Hall–Kier alpha value is -4.78. The summed E-state index contributed by atoms with van der Waals surface area (Å²) in [5.41, 5.74) is 6.16. The predicted octanol–water partition coefficient (Wildman–Crippen LogP) is 8.42. The molecule has 0 bridgehead atoms. The number of amides is 2. The van der Waals surface area contributed by atoms with E-state index in [1.54, 1.807) is 30.3 Å². The van der Waals surface area contributed by atoms with E-state index in [4.69, 9.17) is 0 Å². The normalized spacial score (nSPS) is 14.7. The number of benzene rings is 4. The highest BCUT2D eigenvalue weighted by Gasteiger charge is 2.25. The van der Waals surface area contributed by atoms with Crippen molar-refractivity contribution in [3.63, 3.8) is 0 Å².